The second-order valence-corrected chi connectivity index (χ2v) is 3.73. The van der Waals surface area contributed by atoms with Gasteiger partial charge in [-0.3, -0.25) is 0 Å². The van der Waals surface area contributed by atoms with Crippen LogP contribution in [0.4, 0.5) is 0 Å². The van der Waals surface area contributed by atoms with Gasteiger partial charge in [-0.2, -0.15) is 0 Å². The molecule has 90 valence electrons. The first-order valence-electron chi connectivity index (χ1n) is 5.17. The number of hydrogen-bond acceptors (Lipinski definition) is 4. The van der Waals surface area contributed by atoms with E-state index in [9.17, 15) is 5.11 Å². The van der Waals surface area contributed by atoms with Crippen molar-refractivity contribution in [3.63, 3.8) is 0 Å². The van der Waals surface area contributed by atoms with Gasteiger partial charge in [-0.1, -0.05) is 0 Å². The lowest BCUT2D eigenvalue weighted by atomic mass is 10.00. The molecule has 0 aromatic heterocycles. The van der Waals surface area contributed by atoms with Gasteiger partial charge in [0.15, 0.2) is 11.5 Å². The molecular formula is C12H19NO3. The number of aryl methyl sites for hydroxylation is 1. The van der Waals surface area contributed by atoms with E-state index in [0.29, 0.717) is 17.1 Å². The zero-order valence-electron chi connectivity index (χ0n) is 10.2. The van der Waals surface area contributed by atoms with Crippen molar-refractivity contribution < 1.29 is 14.6 Å². The molecular weight excluding hydrogens is 206 g/mol. The molecule has 4 heteroatoms. The molecule has 4 nitrogen and oxygen atoms in total. The molecule has 0 aliphatic carbocycles. The number of nitrogens with two attached hydrogens (primary N) is 1. The summed E-state index contributed by atoms with van der Waals surface area (Å²) in [5.74, 6) is 1.22. The van der Waals surface area contributed by atoms with E-state index in [4.69, 9.17) is 15.2 Å². The van der Waals surface area contributed by atoms with Gasteiger partial charge in [0.25, 0.3) is 0 Å². The third kappa shape index (κ3) is 2.13. The molecule has 16 heavy (non-hydrogen) atoms. The highest BCUT2D eigenvalue weighted by molar-refractivity contribution is 5.55. The Bertz CT molecular complexity index is 377. The molecule has 0 amide bonds. The average molecular weight is 225 g/mol. The molecule has 0 saturated heterocycles. The van der Waals surface area contributed by atoms with Crippen molar-refractivity contribution >= 4 is 0 Å². The third-order valence-electron chi connectivity index (χ3n) is 2.76. The molecule has 0 heterocycles. The van der Waals surface area contributed by atoms with Gasteiger partial charge in [-0.15, -0.1) is 0 Å². The van der Waals surface area contributed by atoms with E-state index in [0.717, 1.165) is 11.1 Å². The summed E-state index contributed by atoms with van der Waals surface area (Å²) >= 11 is 0. The fourth-order valence-electron chi connectivity index (χ4n) is 1.72. The standard InChI is InChI=1S/C12H19NO3/c1-7-5-9(10(14)6-13)12(16-4)11(15-3)8(7)2/h5,10,14H,6,13H2,1-4H3. The number of ether oxygens (including phenoxy) is 2. The molecule has 1 aromatic carbocycles. The molecule has 0 radical (unpaired) electrons. The van der Waals surface area contributed by atoms with E-state index in [-0.39, 0.29) is 6.54 Å². The Morgan fingerprint density at radius 1 is 1.25 bits per heavy atom. The Morgan fingerprint density at radius 2 is 1.81 bits per heavy atom. The minimum absolute atomic E-state index is 0.155. The van der Waals surface area contributed by atoms with Gasteiger partial charge >= 0.3 is 0 Å². The van der Waals surface area contributed by atoms with E-state index in [1.54, 1.807) is 14.2 Å². The molecule has 0 spiro atoms. The molecule has 3 N–H and O–H groups in total. The number of aliphatic hydroxyl groups is 1. The largest absolute Gasteiger partial charge is 0.493 e. The molecule has 0 bridgehead atoms. The minimum Gasteiger partial charge on any atom is -0.493 e. The van der Waals surface area contributed by atoms with Crippen molar-refractivity contribution in [1.82, 2.24) is 0 Å². The summed E-state index contributed by atoms with van der Waals surface area (Å²) in [6, 6.07) is 1.88. The monoisotopic (exact) mass is 225 g/mol. The molecule has 0 aliphatic rings. The highest BCUT2D eigenvalue weighted by atomic mass is 16.5. The van der Waals surface area contributed by atoms with Crippen LogP contribution in [0, 0.1) is 13.8 Å². The highest BCUT2D eigenvalue weighted by Crippen LogP contribution is 2.39. The van der Waals surface area contributed by atoms with Gasteiger partial charge in [0.1, 0.15) is 0 Å². The van der Waals surface area contributed by atoms with Gasteiger partial charge in [0.2, 0.25) is 0 Å². The Labute approximate surface area is 96.0 Å². The van der Waals surface area contributed by atoms with Gasteiger partial charge in [-0.25, -0.2) is 0 Å². The second-order valence-electron chi connectivity index (χ2n) is 3.73. The zero-order valence-corrected chi connectivity index (χ0v) is 10.2. The first-order chi connectivity index (χ1) is 7.56. The lowest BCUT2D eigenvalue weighted by Crippen LogP contribution is -2.13. The van der Waals surface area contributed by atoms with Crippen molar-refractivity contribution in [3.8, 4) is 11.5 Å². The summed E-state index contributed by atoms with van der Waals surface area (Å²) in [7, 11) is 3.14. The van der Waals surface area contributed by atoms with Crippen LogP contribution in [-0.4, -0.2) is 25.9 Å². The van der Waals surface area contributed by atoms with Crippen LogP contribution >= 0.6 is 0 Å². The Balaban J connectivity index is 3.43. The molecule has 0 fully saturated rings. The van der Waals surface area contributed by atoms with Gasteiger partial charge < -0.3 is 20.3 Å². The molecule has 0 aliphatic heterocycles. The van der Waals surface area contributed by atoms with Crippen LogP contribution in [0.25, 0.3) is 0 Å². The number of hydrogen-bond donors (Lipinski definition) is 2. The summed E-state index contributed by atoms with van der Waals surface area (Å²) in [6.45, 7) is 4.07. The zero-order chi connectivity index (χ0) is 12.3. The van der Waals surface area contributed by atoms with E-state index in [1.165, 1.54) is 0 Å². The maximum Gasteiger partial charge on any atom is 0.166 e. The fraction of sp³-hybridized carbons (Fsp3) is 0.500. The first-order valence-corrected chi connectivity index (χ1v) is 5.17. The first kappa shape index (κ1) is 12.8. The summed E-state index contributed by atoms with van der Waals surface area (Å²) in [5, 5.41) is 9.82. The molecule has 1 atom stereocenters. The normalized spacial score (nSPS) is 12.4. The van der Waals surface area contributed by atoms with Crippen LogP contribution in [0.1, 0.15) is 22.8 Å². The molecule has 1 rings (SSSR count). The van der Waals surface area contributed by atoms with Crippen LogP contribution in [0.5, 0.6) is 11.5 Å². The van der Waals surface area contributed by atoms with Crippen molar-refractivity contribution in [1.29, 1.82) is 0 Å². The van der Waals surface area contributed by atoms with E-state index in [2.05, 4.69) is 0 Å². The lowest BCUT2D eigenvalue weighted by molar-refractivity contribution is 0.181. The van der Waals surface area contributed by atoms with E-state index in [1.807, 2.05) is 19.9 Å². The van der Waals surface area contributed by atoms with Crippen LogP contribution in [-0.2, 0) is 0 Å². The SMILES string of the molecule is COc1c(C(O)CN)cc(C)c(C)c1OC. The summed E-state index contributed by atoms with van der Waals surface area (Å²) in [5.41, 5.74) is 8.18. The molecule has 1 unspecified atom stereocenters. The van der Waals surface area contributed by atoms with Gasteiger partial charge in [0.05, 0.1) is 20.3 Å². The topological polar surface area (TPSA) is 64.7 Å². The molecule has 1 aromatic rings. The van der Waals surface area contributed by atoms with Gasteiger partial charge in [-0.05, 0) is 31.0 Å². The number of rotatable bonds is 4. The maximum absolute atomic E-state index is 9.82. The summed E-state index contributed by atoms with van der Waals surface area (Å²) < 4.78 is 10.6. The predicted molar refractivity (Wildman–Crippen MR) is 63.0 cm³/mol. The third-order valence-corrected chi connectivity index (χ3v) is 2.76. The van der Waals surface area contributed by atoms with Crippen molar-refractivity contribution in [2.45, 2.75) is 20.0 Å². The predicted octanol–water partition coefficient (Wildman–Crippen LogP) is 1.31. The Morgan fingerprint density at radius 3 is 2.25 bits per heavy atom. The smallest absolute Gasteiger partial charge is 0.166 e. The number of methoxy groups -OCH3 is 2. The number of benzene rings is 1. The van der Waals surface area contributed by atoms with Crippen LogP contribution < -0.4 is 15.2 Å². The van der Waals surface area contributed by atoms with Gasteiger partial charge in [0, 0.05) is 12.1 Å². The summed E-state index contributed by atoms with van der Waals surface area (Å²) in [4.78, 5) is 0. The minimum atomic E-state index is -0.733. The molecule has 0 saturated carbocycles. The van der Waals surface area contributed by atoms with Crippen LogP contribution in [0.2, 0.25) is 0 Å². The second kappa shape index (κ2) is 5.18. The lowest BCUT2D eigenvalue weighted by Gasteiger charge is -2.19. The van der Waals surface area contributed by atoms with Crippen LogP contribution in [0.3, 0.4) is 0 Å². The van der Waals surface area contributed by atoms with Crippen molar-refractivity contribution in [2.24, 2.45) is 5.73 Å². The van der Waals surface area contributed by atoms with E-state index >= 15 is 0 Å². The Kier molecular flexibility index (Phi) is 4.15. The highest BCUT2D eigenvalue weighted by Gasteiger charge is 2.19. The maximum atomic E-state index is 9.82. The van der Waals surface area contributed by atoms with Crippen LogP contribution in [0.15, 0.2) is 6.07 Å². The fourth-order valence-corrected chi connectivity index (χ4v) is 1.72. The van der Waals surface area contributed by atoms with Crippen molar-refractivity contribution in [2.75, 3.05) is 20.8 Å². The average Bonchev–Trinajstić information content (AvgIpc) is 2.30. The van der Waals surface area contributed by atoms with Crippen molar-refractivity contribution in [3.05, 3.63) is 22.8 Å². The summed E-state index contributed by atoms with van der Waals surface area (Å²) in [6.07, 6.45) is -0.733. The quantitative estimate of drug-likeness (QED) is 0.811. The Hall–Kier alpha value is -1.26. The van der Waals surface area contributed by atoms with E-state index < -0.39 is 6.10 Å². The number of aliphatic hydroxyl groups excluding tert-OH is 1.